The number of amides is 1. The molecule has 0 saturated carbocycles. The highest BCUT2D eigenvalue weighted by Gasteiger charge is 2.42. The number of nitrogens with one attached hydrogen (secondary N) is 1. The van der Waals surface area contributed by atoms with Gasteiger partial charge in [-0.2, -0.15) is 15.3 Å². The first-order valence-electron chi connectivity index (χ1n) is 8.26. The van der Waals surface area contributed by atoms with Crippen molar-refractivity contribution < 1.29 is 9.53 Å². The van der Waals surface area contributed by atoms with Gasteiger partial charge in [-0.05, 0) is 25.3 Å². The number of fused-ring (bicyclic) bond motifs is 1. The van der Waals surface area contributed by atoms with E-state index >= 15 is 0 Å². The molecule has 4 heterocycles. The molecule has 2 fully saturated rings. The van der Waals surface area contributed by atoms with E-state index in [9.17, 15) is 4.79 Å². The van der Waals surface area contributed by atoms with E-state index in [0.717, 1.165) is 37.6 Å². The van der Waals surface area contributed by atoms with Crippen molar-refractivity contribution in [3.63, 3.8) is 0 Å². The number of piperidine rings is 1. The number of nitrogens with zero attached hydrogens (tertiary/aromatic N) is 5. The van der Waals surface area contributed by atoms with Crippen LogP contribution in [0, 0.1) is 18.8 Å². The Morgan fingerprint density at radius 1 is 1.46 bits per heavy atom. The largest absolute Gasteiger partial charge is 0.377 e. The predicted molar refractivity (Wildman–Crippen MR) is 84.1 cm³/mol. The lowest BCUT2D eigenvalue weighted by Crippen LogP contribution is -2.44. The maximum Gasteiger partial charge on any atom is 0.255 e. The molecule has 24 heavy (non-hydrogen) atoms. The first-order chi connectivity index (χ1) is 11.7. The Kier molecular flexibility index (Phi) is 3.97. The summed E-state index contributed by atoms with van der Waals surface area (Å²) in [7, 11) is 0. The number of rotatable bonds is 3. The summed E-state index contributed by atoms with van der Waals surface area (Å²) in [5.41, 5.74) is 0.593. The minimum Gasteiger partial charge on any atom is -0.377 e. The van der Waals surface area contributed by atoms with Crippen LogP contribution < -0.4 is 0 Å². The number of carbonyl (C=O) groups is 1. The third kappa shape index (κ3) is 2.89. The maximum atomic E-state index is 12.6. The molecule has 3 atom stereocenters. The topological polar surface area (TPSA) is 96.9 Å². The lowest BCUT2D eigenvalue weighted by atomic mass is 9.83. The van der Waals surface area contributed by atoms with Crippen LogP contribution in [0.25, 0.3) is 0 Å². The molecule has 2 aromatic heterocycles. The van der Waals surface area contributed by atoms with Gasteiger partial charge in [-0.3, -0.25) is 9.89 Å². The Balaban J connectivity index is 1.40. The lowest BCUT2D eigenvalue weighted by molar-refractivity contribution is 0.0609. The third-order valence-electron chi connectivity index (χ3n) is 4.94. The molecule has 0 bridgehead atoms. The molecule has 2 saturated heterocycles. The molecule has 8 nitrogen and oxygen atoms in total. The molecule has 0 unspecified atom stereocenters. The highest BCUT2D eigenvalue weighted by Crippen LogP contribution is 2.35. The molecule has 4 rings (SSSR count). The summed E-state index contributed by atoms with van der Waals surface area (Å²) in [5, 5.41) is 14.6. The third-order valence-corrected chi connectivity index (χ3v) is 4.94. The van der Waals surface area contributed by atoms with Crippen molar-refractivity contribution in [3.05, 3.63) is 35.7 Å². The average Bonchev–Trinajstić information content (AvgIpc) is 3.21. The van der Waals surface area contributed by atoms with E-state index in [4.69, 9.17) is 4.74 Å². The predicted octanol–water partition coefficient (Wildman–Crippen LogP) is 0.623. The van der Waals surface area contributed by atoms with Crippen molar-refractivity contribution in [1.29, 1.82) is 0 Å². The highest BCUT2D eigenvalue weighted by atomic mass is 16.5. The smallest absolute Gasteiger partial charge is 0.255 e. The first-order valence-corrected chi connectivity index (χ1v) is 8.26. The monoisotopic (exact) mass is 328 g/mol. The Labute approximate surface area is 139 Å². The van der Waals surface area contributed by atoms with E-state index < -0.39 is 0 Å². The van der Waals surface area contributed by atoms with E-state index in [0.29, 0.717) is 24.0 Å². The van der Waals surface area contributed by atoms with Crippen LogP contribution in [-0.2, 0) is 11.2 Å². The van der Waals surface area contributed by atoms with Crippen LogP contribution in [-0.4, -0.2) is 62.0 Å². The Morgan fingerprint density at radius 2 is 2.38 bits per heavy atom. The zero-order valence-electron chi connectivity index (χ0n) is 13.6. The molecule has 1 amide bonds. The highest BCUT2D eigenvalue weighted by molar-refractivity contribution is 5.93. The fraction of sp³-hybridized carbons (Fsp3) is 0.562. The number of ether oxygens (including phenoxy) is 1. The van der Waals surface area contributed by atoms with Gasteiger partial charge in [0.25, 0.3) is 5.91 Å². The van der Waals surface area contributed by atoms with Crippen molar-refractivity contribution in [1.82, 2.24) is 30.3 Å². The molecule has 2 aliphatic rings. The summed E-state index contributed by atoms with van der Waals surface area (Å²) in [6.45, 7) is 4.06. The second kappa shape index (κ2) is 6.27. The second-order valence-electron chi connectivity index (χ2n) is 6.51. The number of aromatic amines is 1. The van der Waals surface area contributed by atoms with Crippen molar-refractivity contribution in [2.75, 3.05) is 19.7 Å². The summed E-state index contributed by atoms with van der Waals surface area (Å²) in [6, 6.07) is 1.71. The molecule has 2 aromatic rings. The number of carbonyl (C=O) groups excluding carboxylic acids is 1. The Morgan fingerprint density at radius 3 is 3.12 bits per heavy atom. The van der Waals surface area contributed by atoms with Crippen LogP contribution in [0.1, 0.15) is 28.4 Å². The van der Waals surface area contributed by atoms with Gasteiger partial charge >= 0.3 is 0 Å². The zero-order valence-corrected chi connectivity index (χ0v) is 13.6. The summed E-state index contributed by atoms with van der Waals surface area (Å²) in [5.74, 6) is 2.49. The molecule has 0 aliphatic carbocycles. The summed E-state index contributed by atoms with van der Waals surface area (Å²) < 4.78 is 5.99. The van der Waals surface area contributed by atoms with E-state index in [1.165, 1.54) is 6.20 Å². The molecule has 126 valence electrons. The van der Waals surface area contributed by atoms with E-state index in [1.807, 2.05) is 11.8 Å². The fourth-order valence-corrected chi connectivity index (χ4v) is 3.74. The van der Waals surface area contributed by atoms with Gasteiger partial charge in [0.1, 0.15) is 5.82 Å². The molecule has 0 radical (unpaired) electrons. The van der Waals surface area contributed by atoms with Crippen LogP contribution >= 0.6 is 0 Å². The maximum absolute atomic E-state index is 12.6. The molecule has 2 aliphatic heterocycles. The minimum absolute atomic E-state index is 0.0244. The van der Waals surface area contributed by atoms with E-state index in [2.05, 4.69) is 25.4 Å². The number of aromatic nitrogens is 5. The quantitative estimate of drug-likeness (QED) is 0.887. The summed E-state index contributed by atoms with van der Waals surface area (Å²) >= 11 is 0. The van der Waals surface area contributed by atoms with Crippen molar-refractivity contribution in [3.8, 4) is 0 Å². The van der Waals surface area contributed by atoms with Gasteiger partial charge in [-0.25, -0.2) is 4.98 Å². The van der Waals surface area contributed by atoms with Gasteiger partial charge in [0.15, 0.2) is 5.82 Å². The Hall–Kier alpha value is -2.35. The van der Waals surface area contributed by atoms with Crippen molar-refractivity contribution in [2.24, 2.45) is 11.8 Å². The van der Waals surface area contributed by atoms with E-state index in [-0.39, 0.29) is 12.0 Å². The number of H-pyrrole nitrogens is 1. The molecular formula is C16H20N6O2. The molecule has 0 spiro atoms. The minimum atomic E-state index is 0.0244. The Bertz CT molecular complexity index is 718. The van der Waals surface area contributed by atoms with Crippen LogP contribution in [0.5, 0.6) is 0 Å². The number of likely N-dealkylation sites (tertiary alicyclic amines) is 1. The van der Waals surface area contributed by atoms with Crippen LogP contribution in [0.2, 0.25) is 0 Å². The van der Waals surface area contributed by atoms with Gasteiger partial charge < -0.3 is 9.64 Å². The molecular weight excluding hydrogens is 308 g/mol. The van der Waals surface area contributed by atoms with Crippen molar-refractivity contribution >= 4 is 5.91 Å². The standard InChI is InChI=1S/C16H20N6O2/c1-10-19-15(21-20-10)6-14-13-3-5-22(8-12(13)9-24-14)16(23)11-2-4-17-18-7-11/h2,4,7,12-14H,3,5-6,8-9H2,1H3,(H,19,20,21)/t12-,13-,14-/m1/s1. The van der Waals surface area contributed by atoms with Crippen molar-refractivity contribution in [2.45, 2.75) is 25.9 Å². The number of hydrogen-bond donors (Lipinski definition) is 1. The first kappa shape index (κ1) is 15.2. The number of hydrogen-bond acceptors (Lipinski definition) is 6. The van der Waals surface area contributed by atoms with Gasteiger partial charge in [0.05, 0.1) is 30.7 Å². The average molecular weight is 328 g/mol. The summed E-state index contributed by atoms with van der Waals surface area (Å²) in [4.78, 5) is 18.8. The lowest BCUT2D eigenvalue weighted by Gasteiger charge is -2.35. The fourth-order valence-electron chi connectivity index (χ4n) is 3.74. The zero-order chi connectivity index (χ0) is 16.5. The molecule has 0 aromatic carbocycles. The molecule has 8 heteroatoms. The summed E-state index contributed by atoms with van der Waals surface area (Å²) in [6.07, 6.45) is 4.89. The van der Waals surface area contributed by atoms with Crippen LogP contribution in [0.15, 0.2) is 18.5 Å². The SMILES string of the molecule is Cc1nc(C[C@H]2OC[C@H]3CN(C(=O)c4ccnnc4)CC[C@H]32)n[nH]1. The van der Waals surface area contributed by atoms with Gasteiger partial charge in [-0.1, -0.05) is 0 Å². The normalized spacial score (nSPS) is 26.4. The van der Waals surface area contributed by atoms with Gasteiger partial charge in [0.2, 0.25) is 0 Å². The van der Waals surface area contributed by atoms with Crippen LogP contribution in [0.4, 0.5) is 0 Å². The molecule has 1 N–H and O–H groups in total. The number of aryl methyl sites for hydroxylation is 1. The van der Waals surface area contributed by atoms with Gasteiger partial charge in [0, 0.05) is 25.4 Å². The van der Waals surface area contributed by atoms with E-state index in [1.54, 1.807) is 12.3 Å². The van der Waals surface area contributed by atoms with Gasteiger partial charge in [-0.15, -0.1) is 0 Å². The van der Waals surface area contributed by atoms with Crippen LogP contribution in [0.3, 0.4) is 0 Å². The second-order valence-corrected chi connectivity index (χ2v) is 6.51.